The molecule has 0 aliphatic rings. The number of aliphatic carboxylic acids is 1. The molecule has 0 radical (unpaired) electrons. The number of rotatable bonds is 37. The summed E-state index contributed by atoms with van der Waals surface area (Å²) in [6, 6.07) is -1.52. The molecule has 0 aromatic heterocycles. The Bertz CT molecular complexity index is 974. The first kappa shape index (κ1) is 49.0. The largest absolute Gasteiger partial charge is 0.480 e. The van der Waals surface area contributed by atoms with Gasteiger partial charge < -0.3 is 25.2 Å². The molecular weight excluding hydrogens is 673 g/mol. The van der Waals surface area contributed by atoms with Crippen LogP contribution >= 0.6 is 7.82 Å². The predicted molar refractivity (Wildman–Crippen MR) is 203 cm³/mol. The maximum atomic E-state index is 12.6. The standard InChI is InChI=1S/C39H72NO10P/c1-3-5-7-9-11-13-15-17-19-20-22-24-26-28-30-37(41)47-32-35(33-48-51(45,46)49-34-36(40)39(43)44)50-38(42)31-29-27-25-23-21-18-16-14-12-10-8-6-4-2/h14-17,35-36H,3-13,18-34,40H2,1-2H3,(H,43,44)(H,45,46)/b16-14-,17-15-/t35-,36+/m1/s1. The van der Waals surface area contributed by atoms with Crippen LogP contribution in [0, 0.1) is 0 Å². The van der Waals surface area contributed by atoms with E-state index in [-0.39, 0.29) is 19.4 Å². The lowest BCUT2D eigenvalue weighted by Crippen LogP contribution is -2.34. The van der Waals surface area contributed by atoms with Crippen molar-refractivity contribution in [2.24, 2.45) is 5.73 Å². The Morgan fingerprint density at radius 1 is 0.588 bits per heavy atom. The number of carbonyl (C=O) groups is 3. The molecule has 0 heterocycles. The van der Waals surface area contributed by atoms with Crippen molar-refractivity contribution >= 4 is 25.7 Å². The number of phosphoric acid groups is 1. The maximum Gasteiger partial charge on any atom is 0.472 e. The van der Waals surface area contributed by atoms with Crippen molar-refractivity contribution in [3.63, 3.8) is 0 Å². The average Bonchev–Trinajstić information content (AvgIpc) is 3.10. The summed E-state index contributed by atoms with van der Waals surface area (Å²) < 4.78 is 32.6. The van der Waals surface area contributed by atoms with Gasteiger partial charge in [-0.2, -0.15) is 0 Å². The highest BCUT2D eigenvalue weighted by atomic mass is 31.2. The summed E-state index contributed by atoms with van der Waals surface area (Å²) in [7, 11) is -4.71. The van der Waals surface area contributed by atoms with Gasteiger partial charge in [-0.15, -0.1) is 0 Å². The monoisotopic (exact) mass is 745 g/mol. The van der Waals surface area contributed by atoms with Crippen molar-refractivity contribution < 1.29 is 47.5 Å². The number of carbonyl (C=O) groups excluding carboxylic acids is 2. The molecule has 0 aromatic carbocycles. The number of carboxylic acid groups (broad SMARTS) is 1. The van der Waals surface area contributed by atoms with E-state index in [0.29, 0.717) is 12.8 Å². The second-order valence-electron chi connectivity index (χ2n) is 13.4. The van der Waals surface area contributed by atoms with Gasteiger partial charge in [0.1, 0.15) is 12.6 Å². The number of unbranched alkanes of at least 4 members (excludes halogenated alkanes) is 19. The summed E-state index contributed by atoms with van der Waals surface area (Å²) in [5, 5.41) is 8.86. The van der Waals surface area contributed by atoms with Crippen molar-refractivity contribution in [2.75, 3.05) is 19.8 Å². The quantitative estimate of drug-likeness (QED) is 0.0239. The minimum absolute atomic E-state index is 0.150. The summed E-state index contributed by atoms with van der Waals surface area (Å²) in [4.78, 5) is 45.8. The van der Waals surface area contributed by atoms with Crippen molar-refractivity contribution in [3.8, 4) is 0 Å². The summed E-state index contributed by atoms with van der Waals surface area (Å²) in [6.45, 7) is 2.75. The number of hydrogen-bond acceptors (Lipinski definition) is 9. The smallest absolute Gasteiger partial charge is 0.472 e. The summed E-state index contributed by atoms with van der Waals surface area (Å²) >= 11 is 0. The van der Waals surface area contributed by atoms with Crippen LogP contribution in [-0.4, -0.2) is 59.9 Å². The number of hydrogen-bond donors (Lipinski definition) is 3. The third-order valence-electron chi connectivity index (χ3n) is 8.42. The van der Waals surface area contributed by atoms with E-state index in [1.54, 1.807) is 0 Å². The van der Waals surface area contributed by atoms with Crippen molar-refractivity contribution in [3.05, 3.63) is 24.3 Å². The SMILES string of the molecule is CCCCCC/C=C\CCCCCCCC(=O)O[C@H](COC(=O)CCCCCCC/C=C\CCCCCCC)COP(=O)(O)OC[C@H](N)C(=O)O. The van der Waals surface area contributed by atoms with Gasteiger partial charge in [0, 0.05) is 12.8 Å². The molecule has 0 amide bonds. The Morgan fingerprint density at radius 2 is 0.980 bits per heavy atom. The number of phosphoric ester groups is 1. The van der Waals surface area contributed by atoms with Crippen LogP contribution in [0.4, 0.5) is 0 Å². The lowest BCUT2D eigenvalue weighted by atomic mass is 10.1. The zero-order valence-electron chi connectivity index (χ0n) is 31.9. The third kappa shape index (κ3) is 34.8. The van der Waals surface area contributed by atoms with Gasteiger partial charge in [-0.05, 0) is 64.2 Å². The van der Waals surface area contributed by atoms with Gasteiger partial charge in [-0.3, -0.25) is 23.4 Å². The minimum Gasteiger partial charge on any atom is -0.480 e. The molecule has 0 bridgehead atoms. The van der Waals surface area contributed by atoms with Crippen LogP contribution in [0.3, 0.4) is 0 Å². The number of allylic oxidation sites excluding steroid dienone is 4. The molecule has 11 nitrogen and oxygen atoms in total. The van der Waals surface area contributed by atoms with Crippen LogP contribution in [0.1, 0.15) is 174 Å². The molecule has 0 saturated carbocycles. The van der Waals surface area contributed by atoms with Gasteiger partial charge in [0.25, 0.3) is 0 Å². The molecule has 12 heteroatoms. The third-order valence-corrected chi connectivity index (χ3v) is 9.37. The van der Waals surface area contributed by atoms with Crippen LogP contribution < -0.4 is 5.73 Å². The molecule has 0 fully saturated rings. The Morgan fingerprint density at radius 3 is 1.45 bits per heavy atom. The van der Waals surface area contributed by atoms with E-state index in [4.69, 9.17) is 24.8 Å². The lowest BCUT2D eigenvalue weighted by molar-refractivity contribution is -0.161. The Kier molecular flexibility index (Phi) is 33.6. The van der Waals surface area contributed by atoms with Gasteiger partial charge in [-0.25, -0.2) is 4.57 Å². The van der Waals surface area contributed by atoms with E-state index in [2.05, 4.69) is 42.7 Å². The maximum absolute atomic E-state index is 12.6. The normalized spacial score (nSPS) is 14.1. The minimum atomic E-state index is -4.71. The highest BCUT2D eigenvalue weighted by Gasteiger charge is 2.28. The predicted octanol–water partition coefficient (Wildman–Crippen LogP) is 9.89. The molecule has 51 heavy (non-hydrogen) atoms. The highest BCUT2D eigenvalue weighted by Crippen LogP contribution is 2.43. The van der Waals surface area contributed by atoms with Crippen molar-refractivity contribution in [1.82, 2.24) is 0 Å². The van der Waals surface area contributed by atoms with E-state index in [1.165, 1.54) is 57.8 Å². The molecule has 0 saturated heterocycles. The molecule has 0 spiro atoms. The van der Waals surface area contributed by atoms with Gasteiger partial charge in [0.05, 0.1) is 13.2 Å². The second kappa shape index (κ2) is 35.0. The number of esters is 2. The molecule has 0 aliphatic carbocycles. The molecule has 3 atom stereocenters. The summed E-state index contributed by atoms with van der Waals surface area (Å²) in [5.41, 5.74) is 5.32. The molecule has 4 N–H and O–H groups in total. The van der Waals surface area contributed by atoms with Crippen molar-refractivity contribution in [2.45, 2.75) is 187 Å². The zero-order valence-corrected chi connectivity index (χ0v) is 32.8. The first-order chi connectivity index (χ1) is 24.6. The molecule has 0 aliphatic heterocycles. The molecular formula is C39H72NO10P. The molecule has 0 rings (SSSR count). The fourth-order valence-electron chi connectivity index (χ4n) is 5.23. The van der Waals surface area contributed by atoms with Crippen LogP contribution in [0.15, 0.2) is 24.3 Å². The summed E-state index contributed by atoms with van der Waals surface area (Å²) in [6.07, 6.45) is 33.9. The fourth-order valence-corrected chi connectivity index (χ4v) is 6.01. The topological polar surface area (TPSA) is 172 Å². The first-order valence-corrected chi connectivity index (χ1v) is 21.4. The number of ether oxygens (including phenoxy) is 2. The Balaban J connectivity index is 4.44. The van der Waals surface area contributed by atoms with Gasteiger partial charge in [0.2, 0.25) is 0 Å². The molecule has 1 unspecified atom stereocenters. The lowest BCUT2D eigenvalue weighted by Gasteiger charge is -2.20. The number of carboxylic acids is 1. The number of nitrogens with two attached hydrogens (primary N) is 1. The van der Waals surface area contributed by atoms with Gasteiger partial charge >= 0.3 is 25.7 Å². The van der Waals surface area contributed by atoms with E-state index in [1.807, 2.05) is 0 Å². The summed E-state index contributed by atoms with van der Waals surface area (Å²) in [5.74, 6) is -2.40. The molecule has 298 valence electrons. The van der Waals surface area contributed by atoms with Crippen LogP contribution in [0.2, 0.25) is 0 Å². The van der Waals surface area contributed by atoms with E-state index in [9.17, 15) is 23.8 Å². The van der Waals surface area contributed by atoms with Crippen LogP contribution in [-0.2, 0) is 37.5 Å². The van der Waals surface area contributed by atoms with E-state index >= 15 is 0 Å². The van der Waals surface area contributed by atoms with E-state index < -0.39 is 51.1 Å². The fraction of sp³-hybridized carbons (Fsp3) is 0.821. The van der Waals surface area contributed by atoms with Gasteiger partial charge in [0.15, 0.2) is 6.10 Å². The van der Waals surface area contributed by atoms with Crippen molar-refractivity contribution in [1.29, 1.82) is 0 Å². The Hall–Kier alpha value is -2.04. The van der Waals surface area contributed by atoms with Gasteiger partial charge in [-0.1, -0.05) is 122 Å². The van der Waals surface area contributed by atoms with E-state index in [0.717, 1.165) is 77.0 Å². The first-order valence-electron chi connectivity index (χ1n) is 19.9. The molecule has 0 aromatic rings. The zero-order chi connectivity index (χ0) is 37.8. The highest BCUT2D eigenvalue weighted by molar-refractivity contribution is 7.47. The van der Waals surface area contributed by atoms with Crippen LogP contribution in [0.5, 0.6) is 0 Å². The van der Waals surface area contributed by atoms with Crippen LogP contribution in [0.25, 0.3) is 0 Å². The second-order valence-corrected chi connectivity index (χ2v) is 14.9. The Labute approximate surface area is 309 Å². The average molecular weight is 746 g/mol.